The molecule has 0 amide bonds. The molecule has 180 valence electrons. The number of aliphatic carboxylic acids is 1. The first-order valence-electron chi connectivity index (χ1n) is 11.0. The number of aromatic nitrogens is 2. The molecule has 6 nitrogen and oxygen atoms in total. The van der Waals surface area contributed by atoms with E-state index in [0.717, 1.165) is 0 Å². The number of halogens is 3. The van der Waals surface area contributed by atoms with Crippen LogP contribution in [0.4, 0.5) is 19.7 Å². The summed E-state index contributed by atoms with van der Waals surface area (Å²) in [5.41, 5.74) is -0.620. The fourth-order valence-electron chi connectivity index (χ4n) is 4.77. The number of rotatable bonds is 7. The minimum Gasteiger partial charge on any atom is -0.481 e. The van der Waals surface area contributed by atoms with Gasteiger partial charge in [-0.25, -0.2) is 18.7 Å². The SMILES string of the molecule is CC1CC(Cc2nc(Nc3nccs3)ccc2F)(C(=O)O)CCN1C(C)c1cccc(Cl)c1F. The van der Waals surface area contributed by atoms with Gasteiger partial charge in [0, 0.05) is 42.2 Å². The van der Waals surface area contributed by atoms with Crippen molar-refractivity contribution in [1.29, 1.82) is 0 Å². The van der Waals surface area contributed by atoms with Crippen LogP contribution in [-0.4, -0.2) is 38.5 Å². The van der Waals surface area contributed by atoms with Crippen LogP contribution in [-0.2, 0) is 11.2 Å². The Morgan fingerprint density at radius 1 is 1.38 bits per heavy atom. The molecule has 10 heteroatoms. The van der Waals surface area contributed by atoms with Crippen molar-refractivity contribution in [3.63, 3.8) is 0 Å². The minimum atomic E-state index is -1.18. The Kier molecular flexibility index (Phi) is 7.16. The van der Waals surface area contributed by atoms with Gasteiger partial charge in [-0.15, -0.1) is 11.3 Å². The van der Waals surface area contributed by atoms with E-state index in [1.54, 1.807) is 23.7 Å². The molecule has 34 heavy (non-hydrogen) atoms. The molecule has 2 aromatic heterocycles. The summed E-state index contributed by atoms with van der Waals surface area (Å²) in [5, 5.41) is 15.7. The molecule has 3 atom stereocenters. The standard InChI is InChI=1S/C24H25ClF2N4O2S/c1-14-12-24(22(32)33,8-10-31(14)15(2)16-4-3-5-17(25)21(16)27)13-19-18(26)6-7-20(29-19)30-23-28-9-11-34-23/h3-7,9,11,14-15H,8,10,12-13H2,1-2H3,(H,32,33)(H,28,29,30). The summed E-state index contributed by atoms with van der Waals surface area (Å²) in [7, 11) is 0. The summed E-state index contributed by atoms with van der Waals surface area (Å²) >= 11 is 7.34. The number of carboxylic acids is 1. The number of hydrogen-bond acceptors (Lipinski definition) is 6. The molecule has 4 rings (SSSR count). The lowest BCUT2D eigenvalue weighted by Crippen LogP contribution is -2.51. The number of hydrogen-bond donors (Lipinski definition) is 2. The third-order valence-electron chi connectivity index (χ3n) is 6.58. The number of thiazole rings is 1. The zero-order valence-electron chi connectivity index (χ0n) is 18.8. The molecule has 0 saturated carbocycles. The summed E-state index contributed by atoms with van der Waals surface area (Å²) in [4.78, 5) is 23.0. The highest BCUT2D eigenvalue weighted by Crippen LogP contribution is 2.42. The molecule has 1 saturated heterocycles. The fourth-order valence-corrected chi connectivity index (χ4v) is 5.49. The van der Waals surface area contributed by atoms with Crippen molar-refractivity contribution in [3.05, 3.63) is 69.8 Å². The Hall–Kier alpha value is -2.62. The van der Waals surface area contributed by atoms with Gasteiger partial charge < -0.3 is 10.4 Å². The van der Waals surface area contributed by atoms with Crippen molar-refractivity contribution in [2.75, 3.05) is 11.9 Å². The molecule has 0 spiro atoms. The van der Waals surface area contributed by atoms with E-state index in [-0.39, 0.29) is 42.1 Å². The van der Waals surface area contributed by atoms with Gasteiger partial charge in [0.25, 0.3) is 0 Å². The molecule has 3 aromatic rings. The number of benzene rings is 1. The molecule has 0 radical (unpaired) electrons. The second-order valence-corrected chi connectivity index (χ2v) is 10.0. The normalized spacial score (nSPS) is 21.9. The second-order valence-electron chi connectivity index (χ2n) is 8.71. The predicted octanol–water partition coefficient (Wildman–Crippen LogP) is 6.07. The van der Waals surface area contributed by atoms with Gasteiger partial charge in [0.15, 0.2) is 5.13 Å². The second kappa shape index (κ2) is 9.93. The lowest BCUT2D eigenvalue weighted by Gasteiger charge is -2.46. The van der Waals surface area contributed by atoms with Crippen LogP contribution in [0, 0.1) is 17.0 Å². The highest BCUT2D eigenvalue weighted by molar-refractivity contribution is 7.13. The molecule has 2 N–H and O–H groups in total. The van der Waals surface area contributed by atoms with Crippen molar-refractivity contribution in [2.24, 2.45) is 5.41 Å². The van der Waals surface area contributed by atoms with E-state index in [1.807, 2.05) is 13.8 Å². The number of carbonyl (C=O) groups is 1. The van der Waals surface area contributed by atoms with Crippen LogP contribution in [0.1, 0.15) is 44.0 Å². The van der Waals surface area contributed by atoms with E-state index in [2.05, 4.69) is 20.2 Å². The fraction of sp³-hybridized carbons (Fsp3) is 0.375. The molecule has 0 bridgehead atoms. The van der Waals surface area contributed by atoms with Gasteiger partial charge in [-0.1, -0.05) is 23.7 Å². The van der Waals surface area contributed by atoms with Crippen LogP contribution < -0.4 is 5.32 Å². The van der Waals surface area contributed by atoms with E-state index in [9.17, 15) is 18.7 Å². The molecular weight excluding hydrogens is 482 g/mol. The number of piperidine rings is 1. The van der Waals surface area contributed by atoms with E-state index < -0.39 is 23.0 Å². The van der Waals surface area contributed by atoms with Crippen molar-refractivity contribution >= 4 is 39.9 Å². The lowest BCUT2D eigenvalue weighted by molar-refractivity contribution is -0.154. The Morgan fingerprint density at radius 2 is 2.18 bits per heavy atom. The molecule has 1 aliphatic heterocycles. The molecule has 3 heterocycles. The molecule has 1 aliphatic rings. The minimum absolute atomic E-state index is 0.0420. The number of pyridine rings is 1. The van der Waals surface area contributed by atoms with Crippen molar-refractivity contribution in [1.82, 2.24) is 14.9 Å². The number of anilines is 2. The van der Waals surface area contributed by atoms with Crippen LogP contribution in [0.15, 0.2) is 41.9 Å². The van der Waals surface area contributed by atoms with E-state index >= 15 is 0 Å². The first-order chi connectivity index (χ1) is 16.2. The first-order valence-corrected chi connectivity index (χ1v) is 12.2. The Bertz CT molecular complexity index is 1180. The Morgan fingerprint density at radius 3 is 2.85 bits per heavy atom. The van der Waals surface area contributed by atoms with Crippen molar-refractivity contribution < 1.29 is 18.7 Å². The lowest BCUT2D eigenvalue weighted by atomic mass is 9.71. The summed E-state index contributed by atoms with van der Waals surface area (Å²) < 4.78 is 29.3. The zero-order chi connectivity index (χ0) is 24.5. The van der Waals surface area contributed by atoms with Gasteiger partial charge in [0.2, 0.25) is 0 Å². The predicted molar refractivity (Wildman–Crippen MR) is 129 cm³/mol. The van der Waals surface area contributed by atoms with Gasteiger partial charge >= 0.3 is 5.97 Å². The van der Waals surface area contributed by atoms with Gasteiger partial charge in [0.1, 0.15) is 17.5 Å². The molecule has 0 aliphatic carbocycles. The maximum atomic E-state index is 14.7. The topological polar surface area (TPSA) is 78.3 Å². The smallest absolute Gasteiger partial charge is 0.310 e. The van der Waals surface area contributed by atoms with Crippen LogP contribution >= 0.6 is 22.9 Å². The third kappa shape index (κ3) is 4.92. The van der Waals surface area contributed by atoms with E-state index in [1.165, 1.54) is 29.5 Å². The van der Waals surface area contributed by atoms with Crippen molar-refractivity contribution in [2.45, 2.75) is 45.2 Å². The molecule has 3 unspecified atom stereocenters. The highest BCUT2D eigenvalue weighted by atomic mass is 35.5. The molecular formula is C24H25ClF2N4O2S. The van der Waals surface area contributed by atoms with Gasteiger partial charge in [0.05, 0.1) is 16.1 Å². The number of nitrogens with one attached hydrogen (secondary N) is 1. The maximum absolute atomic E-state index is 14.7. The monoisotopic (exact) mass is 506 g/mol. The quantitative estimate of drug-likeness (QED) is 0.405. The number of likely N-dealkylation sites (tertiary alicyclic amines) is 1. The zero-order valence-corrected chi connectivity index (χ0v) is 20.3. The van der Waals surface area contributed by atoms with Crippen LogP contribution in [0.2, 0.25) is 5.02 Å². The van der Waals surface area contributed by atoms with Crippen molar-refractivity contribution in [3.8, 4) is 0 Å². The first kappa shape index (κ1) is 24.5. The number of carboxylic acid groups (broad SMARTS) is 1. The number of nitrogens with zero attached hydrogens (tertiary/aromatic N) is 3. The van der Waals surface area contributed by atoms with Crippen LogP contribution in [0.3, 0.4) is 0 Å². The summed E-state index contributed by atoms with van der Waals surface area (Å²) in [6.07, 6.45) is 2.16. The summed E-state index contributed by atoms with van der Waals surface area (Å²) in [6.45, 7) is 4.22. The van der Waals surface area contributed by atoms with E-state index in [0.29, 0.717) is 23.1 Å². The summed E-state index contributed by atoms with van der Waals surface area (Å²) in [5.74, 6) is -1.59. The summed E-state index contributed by atoms with van der Waals surface area (Å²) in [6, 6.07) is 7.21. The third-order valence-corrected chi connectivity index (χ3v) is 7.56. The van der Waals surface area contributed by atoms with Crippen LogP contribution in [0.25, 0.3) is 0 Å². The Labute approximate surface area is 205 Å². The average Bonchev–Trinajstić information content (AvgIpc) is 3.30. The van der Waals surface area contributed by atoms with Gasteiger partial charge in [-0.05, 0) is 44.9 Å². The van der Waals surface area contributed by atoms with Gasteiger partial charge in [-0.3, -0.25) is 9.69 Å². The largest absolute Gasteiger partial charge is 0.481 e. The molecule has 1 fully saturated rings. The maximum Gasteiger partial charge on any atom is 0.310 e. The van der Waals surface area contributed by atoms with Gasteiger partial charge in [-0.2, -0.15) is 0 Å². The van der Waals surface area contributed by atoms with Crippen LogP contribution in [0.5, 0.6) is 0 Å². The van der Waals surface area contributed by atoms with E-state index in [4.69, 9.17) is 11.6 Å². The molecule has 1 aromatic carbocycles. The Balaban J connectivity index is 1.55. The highest BCUT2D eigenvalue weighted by Gasteiger charge is 2.46. The average molecular weight is 507 g/mol.